The monoisotopic (exact) mass is 320 g/mol. The van der Waals surface area contributed by atoms with Crippen molar-refractivity contribution in [1.29, 1.82) is 0 Å². The van der Waals surface area contributed by atoms with Crippen molar-refractivity contribution in [2.45, 2.75) is 38.4 Å². The van der Waals surface area contributed by atoms with Crippen LogP contribution in [0.2, 0.25) is 0 Å². The van der Waals surface area contributed by atoms with Crippen molar-refractivity contribution in [2.75, 3.05) is 7.11 Å². The molecule has 0 spiro atoms. The lowest BCUT2D eigenvalue weighted by molar-refractivity contribution is -0.166. The molecule has 124 valence electrons. The molecule has 0 aromatic heterocycles. The van der Waals surface area contributed by atoms with Crippen molar-refractivity contribution >= 4 is 17.9 Å². The van der Waals surface area contributed by atoms with Crippen LogP contribution in [0.25, 0.3) is 0 Å². The first-order valence-electron chi connectivity index (χ1n) is 7.30. The van der Waals surface area contributed by atoms with Gasteiger partial charge in [0.25, 0.3) is 0 Å². The van der Waals surface area contributed by atoms with Gasteiger partial charge in [-0.3, -0.25) is 9.59 Å². The van der Waals surface area contributed by atoms with Gasteiger partial charge in [-0.1, -0.05) is 30.3 Å². The van der Waals surface area contributed by atoms with Crippen LogP contribution in [0.15, 0.2) is 30.3 Å². The maximum atomic E-state index is 12.4. The average molecular weight is 320 g/mol. The van der Waals surface area contributed by atoms with Crippen LogP contribution in [0.5, 0.6) is 0 Å². The van der Waals surface area contributed by atoms with Gasteiger partial charge in [-0.15, -0.1) is 0 Å². The SMILES string of the molecule is COC(=O)[C@@H]1OC(=O)[C@@H](C(=O)OC(C)(C)C)[C@@H]1c1ccccc1. The molecule has 0 amide bonds. The van der Waals surface area contributed by atoms with E-state index in [0.29, 0.717) is 5.56 Å². The summed E-state index contributed by atoms with van der Waals surface area (Å²) in [5.74, 6) is -4.14. The molecule has 23 heavy (non-hydrogen) atoms. The molecule has 1 aromatic carbocycles. The summed E-state index contributed by atoms with van der Waals surface area (Å²) in [6.07, 6.45) is -1.16. The molecule has 0 saturated carbocycles. The molecular formula is C17H20O6. The predicted molar refractivity (Wildman–Crippen MR) is 80.4 cm³/mol. The van der Waals surface area contributed by atoms with Crippen LogP contribution < -0.4 is 0 Å². The van der Waals surface area contributed by atoms with Gasteiger partial charge in [0.2, 0.25) is 6.10 Å². The van der Waals surface area contributed by atoms with E-state index in [1.54, 1.807) is 51.1 Å². The molecule has 1 aliphatic rings. The van der Waals surface area contributed by atoms with E-state index in [1.165, 1.54) is 7.11 Å². The van der Waals surface area contributed by atoms with E-state index in [1.807, 2.05) is 0 Å². The first kappa shape index (κ1) is 17.0. The smallest absolute Gasteiger partial charge is 0.347 e. The van der Waals surface area contributed by atoms with Gasteiger partial charge in [0, 0.05) is 0 Å². The number of carbonyl (C=O) groups excluding carboxylic acids is 3. The number of ether oxygens (including phenoxy) is 3. The van der Waals surface area contributed by atoms with Gasteiger partial charge in [0.05, 0.1) is 13.0 Å². The molecule has 0 radical (unpaired) electrons. The predicted octanol–water partition coefficient (Wildman–Crippen LogP) is 1.83. The standard InChI is InChI=1S/C17H20O6/c1-17(2,3)23-15(19)12-11(10-8-6-5-7-9-10)13(16(20)21-4)22-14(12)18/h5-9,11-13H,1-4H3/t11-,12-,13+/m0/s1. The van der Waals surface area contributed by atoms with Gasteiger partial charge in [0.1, 0.15) is 5.60 Å². The second-order valence-electron chi connectivity index (χ2n) is 6.33. The van der Waals surface area contributed by atoms with Gasteiger partial charge in [0.15, 0.2) is 5.92 Å². The summed E-state index contributed by atoms with van der Waals surface area (Å²) in [4.78, 5) is 36.6. The number of hydrogen-bond acceptors (Lipinski definition) is 6. The number of esters is 3. The van der Waals surface area contributed by atoms with Crippen molar-refractivity contribution in [3.8, 4) is 0 Å². The van der Waals surface area contributed by atoms with Gasteiger partial charge >= 0.3 is 17.9 Å². The largest absolute Gasteiger partial charge is 0.466 e. The number of rotatable bonds is 3. The number of carbonyl (C=O) groups is 3. The molecule has 1 aromatic rings. The van der Waals surface area contributed by atoms with Gasteiger partial charge in [-0.05, 0) is 26.3 Å². The van der Waals surface area contributed by atoms with Gasteiger partial charge in [-0.25, -0.2) is 4.79 Å². The minimum absolute atomic E-state index is 0.643. The lowest BCUT2D eigenvalue weighted by Crippen LogP contribution is -2.35. The number of cyclic esters (lactones) is 1. The number of hydrogen-bond donors (Lipinski definition) is 0. The Kier molecular flexibility index (Phi) is 4.73. The van der Waals surface area contributed by atoms with Crippen molar-refractivity contribution in [2.24, 2.45) is 5.92 Å². The minimum atomic E-state index is -1.19. The fourth-order valence-electron chi connectivity index (χ4n) is 2.55. The summed E-state index contributed by atoms with van der Waals surface area (Å²) in [5, 5.41) is 0. The Morgan fingerprint density at radius 2 is 1.70 bits per heavy atom. The third-order valence-electron chi connectivity index (χ3n) is 3.46. The molecule has 6 nitrogen and oxygen atoms in total. The molecule has 1 fully saturated rings. The molecule has 0 bridgehead atoms. The summed E-state index contributed by atoms with van der Waals surface area (Å²) < 4.78 is 15.1. The summed E-state index contributed by atoms with van der Waals surface area (Å²) >= 11 is 0. The topological polar surface area (TPSA) is 78.9 Å². The fourth-order valence-corrected chi connectivity index (χ4v) is 2.55. The Bertz CT molecular complexity index is 601. The zero-order valence-electron chi connectivity index (χ0n) is 13.6. The lowest BCUT2D eigenvalue weighted by Gasteiger charge is -2.24. The van der Waals surface area contributed by atoms with Crippen LogP contribution in [-0.4, -0.2) is 36.7 Å². The molecular weight excluding hydrogens is 300 g/mol. The van der Waals surface area contributed by atoms with Crippen LogP contribution in [-0.2, 0) is 28.6 Å². The Morgan fingerprint density at radius 1 is 1.09 bits per heavy atom. The Labute approximate surface area is 134 Å². The maximum Gasteiger partial charge on any atom is 0.347 e. The molecule has 1 saturated heterocycles. The molecule has 2 rings (SSSR count). The third kappa shape index (κ3) is 3.70. The quantitative estimate of drug-likeness (QED) is 0.480. The number of benzene rings is 1. The normalized spacial score (nSPS) is 24.0. The van der Waals surface area contributed by atoms with E-state index in [4.69, 9.17) is 14.2 Å². The highest BCUT2D eigenvalue weighted by Gasteiger charge is 2.54. The van der Waals surface area contributed by atoms with Crippen LogP contribution in [0.3, 0.4) is 0 Å². The number of methoxy groups -OCH3 is 1. The van der Waals surface area contributed by atoms with Crippen molar-refractivity contribution < 1.29 is 28.6 Å². The van der Waals surface area contributed by atoms with Crippen LogP contribution >= 0.6 is 0 Å². The Morgan fingerprint density at radius 3 is 2.22 bits per heavy atom. The van der Waals surface area contributed by atoms with Crippen molar-refractivity contribution in [3.05, 3.63) is 35.9 Å². The van der Waals surface area contributed by atoms with Crippen LogP contribution in [0.4, 0.5) is 0 Å². The molecule has 1 aliphatic heterocycles. The van der Waals surface area contributed by atoms with E-state index in [2.05, 4.69) is 0 Å². The van der Waals surface area contributed by atoms with E-state index in [-0.39, 0.29) is 0 Å². The molecule has 0 N–H and O–H groups in total. The highest BCUT2D eigenvalue weighted by Crippen LogP contribution is 2.39. The zero-order chi connectivity index (χ0) is 17.2. The minimum Gasteiger partial charge on any atom is -0.466 e. The third-order valence-corrected chi connectivity index (χ3v) is 3.46. The molecule has 1 heterocycles. The second kappa shape index (κ2) is 6.40. The van der Waals surface area contributed by atoms with E-state index in [0.717, 1.165) is 0 Å². The molecule has 0 aliphatic carbocycles. The highest BCUT2D eigenvalue weighted by molar-refractivity contribution is 6.00. The Hall–Kier alpha value is -2.37. The molecule has 3 atom stereocenters. The van der Waals surface area contributed by atoms with E-state index >= 15 is 0 Å². The fraction of sp³-hybridized carbons (Fsp3) is 0.471. The van der Waals surface area contributed by atoms with Crippen molar-refractivity contribution in [3.63, 3.8) is 0 Å². The van der Waals surface area contributed by atoms with Gasteiger partial charge in [-0.2, -0.15) is 0 Å². The molecule has 0 unspecified atom stereocenters. The van der Waals surface area contributed by atoms with Gasteiger partial charge < -0.3 is 14.2 Å². The van der Waals surface area contributed by atoms with Crippen molar-refractivity contribution in [1.82, 2.24) is 0 Å². The van der Waals surface area contributed by atoms with E-state index < -0.39 is 41.4 Å². The maximum absolute atomic E-state index is 12.4. The average Bonchev–Trinajstić information content (AvgIpc) is 2.83. The first-order valence-corrected chi connectivity index (χ1v) is 7.30. The lowest BCUT2D eigenvalue weighted by atomic mass is 9.84. The summed E-state index contributed by atoms with van der Waals surface area (Å²) in [6, 6.07) is 8.80. The highest BCUT2D eigenvalue weighted by atomic mass is 16.6. The second-order valence-corrected chi connectivity index (χ2v) is 6.33. The summed E-state index contributed by atoms with van der Waals surface area (Å²) in [5.41, 5.74) is -0.105. The van der Waals surface area contributed by atoms with Crippen LogP contribution in [0, 0.1) is 5.92 Å². The van der Waals surface area contributed by atoms with Crippen LogP contribution in [0.1, 0.15) is 32.3 Å². The summed E-state index contributed by atoms with van der Waals surface area (Å²) in [6.45, 7) is 5.13. The summed E-state index contributed by atoms with van der Waals surface area (Å²) in [7, 11) is 1.21. The first-order chi connectivity index (χ1) is 10.7. The molecule has 6 heteroatoms. The van der Waals surface area contributed by atoms with E-state index in [9.17, 15) is 14.4 Å². The zero-order valence-corrected chi connectivity index (χ0v) is 13.6. The Balaban J connectivity index is 2.40.